The standard InChI is InChI=1S/C16H24N4S/c1-3-17-16-19-14(13-7-8-21-15(13)20-16)18-10-12-6-4-5-11(2)9-12/h7-8,11-12H,3-6,9-10H2,1-2H3,(H2,17,18,19,20). The molecule has 1 fully saturated rings. The van der Waals surface area contributed by atoms with Crippen LogP contribution >= 0.6 is 11.3 Å². The first-order valence-electron chi connectivity index (χ1n) is 7.99. The number of rotatable bonds is 5. The van der Waals surface area contributed by atoms with Gasteiger partial charge in [-0.2, -0.15) is 4.98 Å². The summed E-state index contributed by atoms with van der Waals surface area (Å²) in [7, 11) is 0. The van der Waals surface area contributed by atoms with Crippen LogP contribution in [0.15, 0.2) is 11.4 Å². The lowest BCUT2D eigenvalue weighted by Crippen LogP contribution is -2.21. The largest absolute Gasteiger partial charge is 0.369 e. The summed E-state index contributed by atoms with van der Waals surface area (Å²) in [4.78, 5) is 10.2. The van der Waals surface area contributed by atoms with Crippen LogP contribution in [0.2, 0.25) is 0 Å². The highest BCUT2D eigenvalue weighted by Gasteiger charge is 2.19. The van der Waals surface area contributed by atoms with Gasteiger partial charge in [-0.15, -0.1) is 11.3 Å². The number of fused-ring (bicyclic) bond motifs is 1. The lowest BCUT2D eigenvalue weighted by atomic mass is 9.82. The van der Waals surface area contributed by atoms with Crippen LogP contribution in [-0.4, -0.2) is 23.1 Å². The van der Waals surface area contributed by atoms with E-state index in [9.17, 15) is 0 Å². The molecule has 2 aromatic rings. The first kappa shape index (κ1) is 14.6. The first-order valence-corrected chi connectivity index (χ1v) is 8.87. The third kappa shape index (κ3) is 3.46. The maximum Gasteiger partial charge on any atom is 0.226 e. The molecule has 2 N–H and O–H groups in total. The van der Waals surface area contributed by atoms with E-state index in [0.29, 0.717) is 0 Å². The van der Waals surface area contributed by atoms with Gasteiger partial charge >= 0.3 is 0 Å². The number of hydrogen-bond acceptors (Lipinski definition) is 5. The molecule has 21 heavy (non-hydrogen) atoms. The quantitative estimate of drug-likeness (QED) is 0.861. The number of nitrogens with one attached hydrogen (secondary N) is 2. The molecule has 114 valence electrons. The zero-order chi connectivity index (χ0) is 14.7. The second-order valence-electron chi connectivity index (χ2n) is 6.08. The minimum absolute atomic E-state index is 0.729. The van der Waals surface area contributed by atoms with Crippen molar-refractivity contribution in [1.82, 2.24) is 9.97 Å². The summed E-state index contributed by atoms with van der Waals surface area (Å²) in [6, 6.07) is 2.11. The van der Waals surface area contributed by atoms with Crippen LogP contribution in [0.1, 0.15) is 39.5 Å². The molecule has 2 aromatic heterocycles. The topological polar surface area (TPSA) is 49.8 Å². The Balaban J connectivity index is 1.74. The Hall–Kier alpha value is -1.36. The minimum Gasteiger partial charge on any atom is -0.369 e. The van der Waals surface area contributed by atoms with Crippen LogP contribution in [-0.2, 0) is 0 Å². The van der Waals surface area contributed by atoms with Crippen molar-refractivity contribution in [3.63, 3.8) is 0 Å². The highest BCUT2D eigenvalue weighted by atomic mass is 32.1. The van der Waals surface area contributed by atoms with Crippen molar-refractivity contribution in [1.29, 1.82) is 0 Å². The normalized spacial score (nSPS) is 22.4. The van der Waals surface area contributed by atoms with E-state index in [-0.39, 0.29) is 0 Å². The van der Waals surface area contributed by atoms with E-state index in [4.69, 9.17) is 0 Å². The van der Waals surface area contributed by atoms with Crippen LogP contribution in [0.5, 0.6) is 0 Å². The molecule has 2 heterocycles. The lowest BCUT2D eigenvalue weighted by molar-refractivity contribution is 0.293. The molecule has 5 heteroatoms. The second kappa shape index (κ2) is 6.60. The summed E-state index contributed by atoms with van der Waals surface area (Å²) in [5, 5.41) is 10.0. The summed E-state index contributed by atoms with van der Waals surface area (Å²) >= 11 is 1.67. The summed E-state index contributed by atoms with van der Waals surface area (Å²) < 4.78 is 0. The summed E-state index contributed by atoms with van der Waals surface area (Å²) in [6.45, 7) is 6.31. The Bertz CT molecular complexity index is 595. The third-order valence-corrected chi connectivity index (χ3v) is 5.07. The maximum absolute atomic E-state index is 4.64. The summed E-state index contributed by atoms with van der Waals surface area (Å²) in [5.41, 5.74) is 0. The maximum atomic E-state index is 4.64. The highest BCUT2D eigenvalue weighted by molar-refractivity contribution is 7.16. The average Bonchev–Trinajstić information content (AvgIpc) is 2.93. The van der Waals surface area contributed by atoms with E-state index < -0.39 is 0 Å². The molecule has 1 aliphatic carbocycles. The van der Waals surface area contributed by atoms with E-state index in [1.54, 1.807) is 11.3 Å². The van der Waals surface area contributed by atoms with E-state index in [1.807, 2.05) is 0 Å². The Kier molecular flexibility index (Phi) is 4.58. The first-order chi connectivity index (χ1) is 10.3. The molecule has 0 aromatic carbocycles. The zero-order valence-electron chi connectivity index (χ0n) is 12.9. The fraction of sp³-hybridized carbons (Fsp3) is 0.625. The van der Waals surface area contributed by atoms with Crippen molar-refractivity contribution in [2.75, 3.05) is 23.7 Å². The molecule has 3 rings (SSSR count). The number of anilines is 2. The Morgan fingerprint density at radius 1 is 1.29 bits per heavy atom. The van der Waals surface area contributed by atoms with Crippen LogP contribution in [0, 0.1) is 11.8 Å². The van der Waals surface area contributed by atoms with Gasteiger partial charge in [-0.1, -0.05) is 19.8 Å². The lowest BCUT2D eigenvalue weighted by Gasteiger charge is -2.27. The molecule has 1 aliphatic rings. The predicted molar refractivity (Wildman–Crippen MR) is 91.2 cm³/mol. The van der Waals surface area contributed by atoms with Crippen LogP contribution < -0.4 is 10.6 Å². The predicted octanol–water partition coefficient (Wildman–Crippen LogP) is 4.36. The van der Waals surface area contributed by atoms with E-state index in [1.165, 1.54) is 25.7 Å². The Labute approximate surface area is 130 Å². The zero-order valence-corrected chi connectivity index (χ0v) is 13.7. The molecule has 0 bridgehead atoms. The molecule has 1 saturated carbocycles. The van der Waals surface area contributed by atoms with Gasteiger partial charge in [-0.3, -0.25) is 0 Å². The van der Waals surface area contributed by atoms with Crippen molar-refractivity contribution in [2.24, 2.45) is 11.8 Å². The monoisotopic (exact) mass is 304 g/mol. The number of hydrogen-bond donors (Lipinski definition) is 2. The van der Waals surface area contributed by atoms with Crippen molar-refractivity contribution in [3.8, 4) is 0 Å². The number of nitrogens with zero attached hydrogens (tertiary/aromatic N) is 2. The van der Waals surface area contributed by atoms with Crippen LogP contribution in [0.3, 0.4) is 0 Å². The molecule has 0 spiro atoms. The molecule has 2 unspecified atom stereocenters. The minimum atomic E-state index is 0.729. The third-order valence-electron chi connectivity index (χ3n) is 4.26. The van der Waals surface area contributed by atoms with Gasteiger partial charge in [0.2, 0.25) is 5.95 Å². The molecule has 0 saturated heterocycles. The van der Waals surface area contributed by atoms with Crippen molar-refractivity contribution < 1.29 is 0 Å². The van der Waals surface area contributed by atoms with Gasteiger partial charge in [-0.05, 0) is 43.0 Å². The van der Waals surface area contributed by atoms with Gasteiger partial charge in [-0.25, -0.2) is 4.98 Å². The number of thiophene rings is 1. The smallest absolute Gasteiger partial charge is 0.226 e. The van der Waals surface area contributed by atoms with Crippen LogP contribution in [0.25, 0.3) is 10.2 Å². The van der Waals surface area contributed by atoms with Crippen molar-refractivity contribution >= 4 is 33.3 Å². The number of aromatic nitrogens is 2. The molecule has 4 nitrogen and oxygen atoms in total. The highest BCUT2D eigenvalue weighted by Crippen LogP contribution is 2.30. The van der Waals surface area contributed by atoms with E-state index in [0.717, 1.165) is 46.9 Å². The van der Waals surface area contributed by atoms with Crippen molar-refractivity contribution in [2.45, 2.75) is 39.5 Å². The van der Waals surface area contributed by atoms with Gasteiger partial charge in [0.15, 0.2) is 0 Å². The fourth-order valence-corrected chi connectivity index (χ4v) is 3.98. The van der Waals surface area contributed by atoms with Gasteiger partial charge in [0, 0.05) is 13.1 Å². The average molecular weight is 304 g/mol. The molecular weight excluding hydrogens is 280 g/mol. The van der Waals surface area contributed by atoms with E-state index >= 15 is 0 Å². The van der Waals surface area contributed by atoms with Gasteiger partial charge in [0.1, 0.15) is 10.6 Å². The molecule has 0 aliphatic heterocycles. The van der Waals surface area contributed by atoms with Crippen molar-refractivity contribution in [3.05, 3.63) is 11.4 Å². The molecular formula is C16H24N4S. The van der Waals surface area contributed by atoms with E-state index in [2.05, 4.69) is 45.9 Å². The molecule has 0 amide bonds. The summed E-state index contributed by atoms with van der Waals surface area (Å²) in [6.07, 6.45) is 5.44. The Morgan fingerprint density at radius 3 is 3.00 bits per heavy atom. The SMILES string of the molecule is CCNc1nc(NCC2CCCC(C)C2)c2ccsc2n1. The molecule has 2 atom stereocenters. The fourth-order valence-electron chi connectivity index (χ4n) is 3.21. The van der Waals surface area contributed by atoms with Crippen LogP contribution in [0.4, 0.5) is 11.8 Å². The molecule has 0 radical (unpaired) electrons. The van der Waals surface area contributed by atoms with Gasteiger partial charge < -0.3 is 10.6 Å². The summed E-state index contributed by atoms with van der Waals surface area (Å²) in [5.74, 6) is 3.36. The Morgan fingerprint density at radius 2 is 2.19 bits per heavy atom. The van der Waals surface area contributed by atoms with Gasteiger partial charge in [0.25, 0.3) is 0 Å². The second-order valence-corrected chi connectivity index (χ2v) is 6.98. The van der Waals surface area contributed by atoms with Gasteiger partial charge in [0.05, 0.1) is 5.39 Å².